The molecule has 0 atom stereocenters. The van der Waals surface area contributed by atoms with Crippen molar-refractivity contribution in [3.8, 4) is 5.75 Å². The zero-order valence-electron chi connectivity index (χ0n) is 13.4. The highest BCUT2D eigenvalue weighted by molar-refractivity contribution is 8.12. The molecule has 0 heterocycles. The molecule has 140 valence electrons. The van der Waals surface area contributed by atoms with Crippen molar-refractivity contribution in [2.75, 3.05) is 0 Å². The van der Waals surface area contributed by atoms with Crippen LogP contribution in [0.5, 0.6) is 5.75 Å². The zero-order chi connectivity index (χ0) is 18.4. The van der Waals surface area contributed by atoms with E-state index in [1.165, 1.54) is 30.0 Å². The Labute approximate surface area is 165 Å². The van der Waals surface area contributed by atoms with Crippen molar-refractivity contribution in [1.82, 2.24) is 0 Å². The second kappa shape index (κ2) is 9.55. The van der Waals surface area contributed by atoms with Gasteiger partial charge in [0.2, 0.25) is 0 Å². The predicted molar refractivity (Wildman–Crippen MR) is 95.2 cm³/mol. The fourth-order valence-electron chi connectivity index (χ4n) is 1.93. The molecule has 0 fully saturated rings. The van der Waals surface area contributed by atoms with Crippen LogP contribution in [0.3, 0.4) is 0 Å². The summed E-state index contributed by atoms with van der Waals surface area (Å²) in [5.41, 5.74) is 6.61. The van der Waals surface area contributed by atoms with E-state index in [0.29, 0.717) is 11.3 Å². The fraction of sp³-hybridized carbons (Fsp3) is 0.133. The second-order valence-electron chi connectivity index (χ2n) is 5.05. The van der Waals surface area contributed by atoms with Crippen LogP contribution in [0.2, 0.25) is 0 Å². The molecule has 4 N–H and O–H groups in total. The Morgan fingerprint density at radius 3 is 2.38 bits per heavy atom. The quantitative estimate of drug-likeness (QED) is 0.157. The summed E-state index contributed by atoms with van der Waals surface area (Å²) in [6.45, 7) is 0. The molecule has 0 aliphatic carbocycles. The number of nitro benzene ring substituents is 1. The molecule has 0 bridgehead atoms. The number of hydrogen-bond acceptors (Lipinski definition) is 6. The van der Waals surface area contributed by atoms with Crippen LogP contribution in [0.1, 0.15) is 11.1 Å². The topological polar surface area (TPSA) is 138 Å². The van der Waals surface area contributed by atoms with Crippen molar-refractivity contribution in [2.24, 2.45) is 5.73 Å². The maximum absolute atomic E-state index is 12.1. The summed E-state index contributed by atoms with van der Waals surface area (Å²) in [6.07, 6.45) is 0. The Balaban J connectivity index is 0.00000338. The lowest BCUT2D eigenvalue weighted by atomic mass is 10.2. The number of halogens is 1. The van der Waals surface area contributed by atoms with Crippen LogP contribution < -0.4 is 32.3 Å². The van der Waals surface area contributed by atoms with Crippen LogP contribution in [0.4, 0.5) is 5.69 Å². The number of nitrogens with zero attached hydrogens (tertiary/aromatic N) is 1. The molecule has 2 aromatic carbocycles. The molecule has 0 aromatic heterocycles. The monoisotopic (exact) mass is 461 g/mol. The first kappa shape index (κ1) is 21.9. The van der Waals surface area contributed by atoms with Crippen LogP contribution >= 0.6 is 11.8 Å². The van der Waals surface area contributed by atoms with Crippen molar-refractivity contribution < 1.29 is 39.9 Å². The first-order chi connectivity index (χ1) is 11.7. The summed E-state index contributed by atoms with van der Waals surface area (Å²) in [7, 11) is -3.94. The Morgan fingerprint density at radius 2 is 1.81 bits per heavy atom. The van der Waals surface area contributed by atoms with Gasteiger partial charge in [0.25, 0.3) is 10.9 Å². The molecule has 2 aromatic rings. The minimum absolute atomic E-state index is 0. The summed E-state index contributed by atoms with van der Waals surface area (Å²) < 4.78 is 29.2. The van der Waals surface area contributed by atoms with Gasteiger partial charge in [-0.3, -0.25) is 21.3 Å². The van der Waals surface area contributed by atoms with E-state index in [2.05, 4.69) is 0 Å². The average molecular weight is 462 g/mol. The molecule has 0 aliphatic heterocycles. The van der Waals surface area contributed by atoms with E-state index in [1.807, 2.05) is 0 Å². The minimum atomic E-state index is -3.94. The largest absolute Gasteiger partial charge is 1.00 e. The number of benzene rings is 2. The molecule has 2 rings (SSSR count). The van der Waals surface area contributed by atoms with Crippen LogP contribution in [0.25, 0.3) is 0 Å². The van der Waals surface area contributed by atoms with Crippen LogP contribution in [-0.2, 0) is 21.6 Å². The highest BCUT2D eigenvalue weighted by Gasteiger charge is 2.16. The molecule has 8 nitrogen and oxygen atoms in total. The summed E-state index contributed by atoms with van der Waals surface area (Å²) in [4.78, 5) is 10.1. The number of thioether (sulfide) groups is 1. The van der Waals surface area contributed by atoms with E-state index in [9.17, 15) is 18.5 Å². The van der Waals surface area contributed by atoms with Gasteiger partial charge in [-0.25, -0.2) is 0 Å². The van der Waals surface area contributed by atoms with Crippen molar-refractivity contribution in [1.29, 1.82) is 0 Å². The molecule has 0 unspecified atom stereocenters. The highest BCUT2D eigenvalue weighted by Crippen LogP contribution is 2.22. The van der Waals surface area contributed by atoms with Gasteiger partial charge in [0.05, 0.1) is 11.0 Å². The molecular weight excluding hydrogens is 446 g/mol. The summed E-state index contributed by atoms with van der Waals surface area (Å²) >= 11 is 1.28. The number of rotatable bonds is 7. The van der Waals surface area contributed by atoms with E-state index in [4.69, 9.17) is 15.3 Å². The Bertz CT molecular complexity index is 888. The van der Waals surface area contributed by atoms with Crippen LogP contribution in [0.15, 0.2) is 48.5 Å². The van der Waals surface area contributed by atoms with Gasteiger partial charge in [0.15, 0.2) is 0 Å². The summed E-state index contributed by atoms with van der Waals surface area (Å²) in [6, 6.07) is 11.9. The Hall–Kier alpha value is -2.11. The lowest BCUT2D eigenvalue weighted by Gasteiger charge is -2.07. The number of non-ortho nitro benzene ring substituents is 1. The number of nitrogens with two attached hydrogens (primary N) is 2. The number of nitro groups is 1. The van der Waals surface area contributed by atoms with Crippen molar-refractivity contribution in [3.05, 3.63) is 69.8 Å². The summed E-state index contributed by atoms with van der Waals surface area (Å²) in [5.74, 6) is 0.129. The normalized spacial score (nSPS) is 10.6. The van der Waals surface area contributed by atoms with Gasteiger partial charge in [-0.2, -0.15) is 8.42 Å². The standard InChI is InChI=1S/C15H15N3O5S2.BrH/c16-15(17)24-9-11-4-6-12(7-5-11)10-25(21,22)23-14-3-1-2-13(8-14)18(19)20;/h1-8H,9-10H2,(H3,16,17);1H. The maximum atomic E-state index is 12.1. The van der Waals surface area contributed by atoms with Gasteiger partial charge in [0.1, 0.15) is 11.5 Å². The van der Waals surface area contributed by atoms with E-state index in [1.54, 1.807) is 24.3 Å². The lowest BCUT2D eigenvalue weighted by Crippen LogP contribution is -3.00. The van der Waals surface area contributed by atoms with E-state index >= 15 is 0 Å². The predicted octanol–water partition coefficient (Wildman–Crippen LogP) is -2.19. The second-order valence-corrected chi connectivity index (χ2v) is 7.67. The van der Waals surface area contributed by atoms with Gasteiger partial charge in [-0.1, -0.05) is 30.3 Å². The Kier molecular flexibility index (Phi) is 8.06. The van der Waals surface area contributed by atoms with Gasteiger partial charge in [-0.15, -0.1) is 0 Å². The van der Waals surface area contributed by atoms with Gasteiger partial charge < -0.3 is 21.2 Å². The molecule has 11 heteroatoms. The van der Waals surface area contributed by atoms with Gasteiger partial charge in [0, 0.05) is 11.8 Å². The van der Waals surface area contributed by atoms with Crippen LogP contribution in [0, 0.1) is 10.1 Å². The molecule has 0 radical (unpaired) electrons. The maximum Gasteiger partial charge on any atom is 0.313 e. The molecule has 0 spiro atoms. The first-order valence-electron chi connectivity index (χ1n) is 7.00. The average Bonchev–Trinajstić information content (AvgIpc) is 2.53. The molecule has 26 heavy (non-hydrogen) atoms. The third-order valence-electron chi connectivity index (χ3n) is 3.02. The smallest absolute Gasteiger partial charge is 0.313 e. The molecule has 0 amide bonds. The fourth-order valence-corrected chi connectivity index (χ4v) is 3.51. The molecule has 0 saturated carbocycles. The zero-order valence-corrected chi connectivity index (χ0v) is 16.6. The highest BCUT2D eigenvalue weighted by atomic mass is 79.9. The molecular formula is C15H16BrN3O5S2. The lowest BCUT2D eigenvalue weighted by molar-refractivity contribution is -0.384. The first-order valence-corrected chi connectivity index (χ1v) is 9.56. The van der Waals surface area contributed by atoms with Crippen LogP contribution in [-0.4, -0.2) is 18.5 Å². The minimum Gasteiger partial charge on any atom is -1.00 e. The van der Waals surface area contributed by atoms with Crippen molar-refractivity contribution >= 4 is 32.7 Å². The van der Waals surface area contributed by atoms with E-state index in [-0.39, 0.29) is 39.3 Å². The van der Waals surface area contributed by atoms with Crippen molar-refractivity contribution in [3.63, 3.8) is 0 Å². The van der Waals surface area contributed by atoms with Crippen molar-refractivity contribution in [2.45, 2.75) is 11.5 Å². The Morgan fingerprint density at radius 1 is 1.19 bits per heavy atom. The third kappa shape index (κ3) is 7.02. The van der Waals surface area contributed by atoms with E-state index in [0.717, 1.165) is 11.6 Å². The molecule has 0 saturated heterocycles. The van der Waals surface area contributed by atoms with E-state index < -0.39 is 15.0 Å². The molecule has 0 aliphatic rings. The number of amidine groups is 1. The summed E-state index contributed by atoms with van der Waals surface area (Å²) in [5, 5.41) is 16.4. The SMILES string of the molecule is NC(=[NH2+])SCc1ccc(CS(=O)(=O)Oc2cccc([N+](=O)[O-])c2)cc1.[Br-]. The van der Waals surface area contributed by atoms with Gasteiger partial charge in [-0.05, 0) is 29.0 Å². The van der Waals surface area contributed by atoms with Gasteiger partial charge >= 0.3 is 10.1 Å². The number of hydrogen-bond donors (Lipinski definition) is 2. The third-order valence-corrected chi connectivity index (χ3v) is 4.97.